The minimum Gasteiger partial charge on any atom is -0.464 e. The molecular formula is C17H32ClNO2. The molecular weight excluding hydrogens is 286 g/mol. The molecule has 2 saturated carbocycles. The molecule has 0 aliphatic heterocycles. The maximum absolute atomic E-state index is 12.8. The highest BCUT2D eigenvalue weighted by Gasteiger charge is 2.47. The lowest BCUT2D eigenvalue weighted by molar-refractivity contribution is -0.164. The minimum absolute atomic E-state index is 0. The first-order chi connectivity index (χ1) is 9.65. The van der Waals surface area contributed by atoms with Crippen molar-refractivity contribution >= 4 is 18.4 Å². The van der Waals surface area contributed by atoms with Gasteiger partial charge in [-0.25, -0.2) is 0 Å². The van der Waals surface area contributed by atoms with Gasteiger partial charge in [-0.15, -0.1) is 12.4 Å². The van der Waals surface area contributed by atoms with Gasteiger partial charge < -0.3 is 9.64 Å². The number of carbonyl (C=O) groups is 1. The Labute approximate surface area is 136 Å². The van der Waals surface area contributed by atoms with Crippen LogP contribution in [0.3, 0.4) is 0 Å². The summed E-state index contributed by atoms with van der Waals surface area (Å²) >= 11 is 0. The molecule has 0 atom stereocenters. The maximum Gasteiger partial charge on any atom is 0.312 e. The largest absolute Gasteiger partial charge is 0.464 e. The molecule has 0 saturated heterocycles. The highest BCUT2D eigenvalue weighted by atomic mass is 35.5. The summed E-state index contributed by atoms with van der Waals surface area (Å²) in [6.45, 7) is 1.37. The number of hydrogen-bond donors (Lipinski definition) is 0. The van der Waals surface area contributed by atoms with E-state index in [-0.39, 0.29) is 23.8 Å². The normalized spacial score (nSPS) is 22.6. The third-order valence-corrected chi connectivity index (χ3v) is 5.31. The van der Waals surface area contributed by atoms with E-state index in [0.29, 0.717) is 12.5 Å². The van der Waals surface area contributed by atoms with Gasteiger partial charge in [-0.3, -0.25) is 4.79 Å². The highest BCUT2D eigenvalue weighted by Crippen LogP contribution is 2.49. The van der Waals surface area contributed by atoms with Crippen LogP contribution in [0.2, 0.25) is 0 Å². The maximum atomic E-state index is 12.8. The molecule has 124 valence electrons. The van der Waals surface area contributed by atoms with Crippen molar-refractivity contribution < 1.29 is 9.53 Å². The lowest BCUT2D eigenvalue weighted by atomic mass is 9.62. The molecule has 0 amide bonds. The Morgan fingerprint density at radius 1 is 1.05 bits per heavy atom. The number of ether oxygens (including phenoxy) is 1. The van der Waals surface area contributed by atoms with Crippen LogP contribution in [0.15, 0.2) is 0 Å². The van der Waals surface area contributed by atoms with Gasteiger partial charge >= 0.3 is 5.97 Å². The van der Waals surface area contributed by atoms with Crippen molar-refractivity contribution in [3.8, 4) is 0 Å². The second kappa shape index (κ2) is 8.99. The molecule has 0 heterocycles. The molecule has 21 heavy (non-hydrogen) atoms. The Hall–Kier alpha value is -0.280. The predicted octanol–water partition coefficient (Wildman–Crippen LogP) is 4.04. The van der Waals surface area contributed by atoms with Crippen molar-refractivity contribution in [1.82, 2.24) is 4.90 Å². The Kier molecular flexibility index (Phi) is 8.04. The number of nitrogens with zero attached hydrogens (tertiary/aromatic N) is 1. The second-order valence-corrected chi connectivity index (χ2v) is 6.99. The van der Waals surface area contributed by atoms with Gasteiger partial charge in [-0.05, 0) is 45.7 Å². The van der Waals surface area contributed by atoms with Crippen molar-refractivity contribution in [3.05, 3.63) is 0 Å². The van der Waals surface area contributed by atoms with Gasteiger partial charge in [0.2, 0.25) is 0 Å². The van der Waals surface area contributed by atoms with E-state index in [1.807, 2.05) is 14.1 Å². The third-order valence-electron chi connectivity index (χ3n) is 5.31. The van der Waals surface area contributed by atoms with Crippen LogP contribution in [-0.2, 0) is 9.53 Å². The van der Waals surface area contributed by atoms with Gasteiger partial charge in [0.05, 0.1) is 5.41 Å². The summed E-state index contributed by atoms with van der Waals surface area (Å²) in [6.07, 6.45) is 12.3. The molecule has 0 unspecified atom stereocenters. The van der Waals surface area contributed by atoms with Crippen LogP contribution < -0.4 is 0 Å². The van der Waals surface area contributed by atoms with E-state index < -0.39 is 0 Å². The summed E-state index contributed by atoms with van der Waals surface area (Å²) in [4.78, 5) is 14.8. The van der Waals surface area contributed by atoms with Gasteiger partial charge in [-0.1, -0.05) is 38.5 Å². The van der Waals surface area contributed by atoms with E-state index in [1.54, 1.807) is 0 Å². The smallest absolute Gasteiger partial charge is 0.312 e. The molecule has 0 aromatic heterocycles. The van der Waals surface area contributed by atoms with Crippen LogP contribution in [-0.4, -0.2) is 38.1 Å². The monoisotopic (exact) mass is 317 g/mol. The van der Waals surface area contributed by atoms with Crippen LogP contribution in [0.25, 0.3) is 0 Å². The number of likely N-dealkylation sites (N-methyl/N-ethyl adjacent to an activating group) is 1. The van der Waals surface area contributed by atoms with Crippen molar-refractivity contribution in [1.29, 1.82) is 0 Å². The van der Waals surface area contributed by atoms with Crippen LogP contribution >= 0.6 is 12.4 Å². The number of halogens is 1. The summed E-state index contributed by atoms with van der Waals surface area (Å²) in [5.41, 5.74) is -0.134. The number of esters is 1. The SMILES string of the molecule is CN(C)CCOC(=O)C1(C2CCCCC2)CCCCC1.Cl. The zero-order valence-corrected chi connectivity index (χ0v) is 14.6. The fourth-order valence-corrected chi connectivity index (χ4v) is 4.08. The minimum atomic E-state index is -0.134. The van der Waals surface area contributed by atoms with Gasteiger partial charge in [0, 0.05) is 6.54 Å². The zero-order valence-electron chi connectivity index (χ0n) is 13.7. The molecule has 2 aliphatic carbocycles. The second-order valence-electron chi connectivity index (χ2n) is 6.99. The molecule has 3 nitrogen and oxygen atoms in total. The van der Waals surface area contributed by atoms with E-state index in [2.05, 4.69) is 4.90 Å². The standard InChI is InChI=1S/C17H31NO2.ClH/c1-18(2)13-14-20-16(19)17(11-7-4-8-12-17)15-9-5-3-6-10-15;/h15H,3-14H2,1-2H3;1H. The quantitative estimate of drug-likeness (QED) is 0.717. The molecule has 2 fully saturated rings. The van der Waals surface area contributed by atoms with E-state index in [4.69, 9.17) is 4.74 Å². The first-order valence-electron chi connectivity index (χ1n) is 8.47. The molecule has 0 aromatic rings. The Morgan fingerprint density at radius 2 is 1.62 bits per heavy atom. The Bertz CT molecular complexity index is 308. The molecule has 2 aliphatic rings. The van der Waals surface area contributed by atoms with Crippen LogP contribution in [0.4, 0.5) is 0 Å². The molecule has 0 aromatic carbocycles. The van der Waals surface area contributed by atoms with Crippen LogP contribution in [0.1, 0.15) is 64.2 Å². The average molecular weight is 318 g/mol. The fourth-order valence-electron chi connectivity index (χ4n) is 4.08. The lowest BCUT2D eigenvalue weighted by Crippen LogP contribution is -2.43. The Balaban J connectivity index is 0.00000220. The highest BCUT2D eigenvalue weighted by molar-refractivity contribution is 5.85. The number of hydrogen-bond acceptors (Lipinski definition) is 3. The summed E-state index contributed by atoms with van der Waals surface area (Å²) in [5.74, 6) is 0.703. The summed E-state index contributed by atoms with van der Waals surface area (Å²) in [7, 11) is 4.04. The number of rotatable bonds is 5. The molecule has 2 rings (SSSR count). The van der Waals surface area contributed by atoms with Gasteiger partial charge in [0.1, 0.15) is 6.61 Å². The van der Waals surface area contributed by atoms with Gasteiger partial charge in [0.25, 0.3) is 0 Å². The molecule has 0 N–H and O–H groups in total. The van der Waals surface area contributed by atoms with Gasteiger partial charge in [-0.2, -0.15) is 0 Å². The average Bonchev–Trinajstić information content (AvgIpc) is 2.48. The molecule has 0 bridgehead atoms. The Morgan fingerprint density at radius 3 is 2.19 bits per heavy atom. The lowest BCUT2D eigenvalue weighted by Gasteiger charge is -2.43. The first kappa shape index (κ1) is 18.8. The summed E-state index contributed by atoms with van der Waals surface area (Å²) in [5, 5.41) is 0. The van der Waals surface area contributed by atoms with E-state index >= 15 is 0 Å². The molecule has 0 spiro atoms. The zero-order chi connectivity index (χ0) is 14.4. The van der Waals surface area contributed by atoms with Crippen molar-refractivity contribution in [2.75, 3.05) is 27.2 Å². The number of carbonyl (C=O) groups excluding carboxylic acids is 1. The third kappa shape index (κ3) is 4.85. The van der Waals surface area contributed by atoms with E-state index in [1.165, 1.54) is 51.4 Å². The van der Waals surface area contributed by atoms with Crippen molar-refractivity contribution in [2.24, 2.45) is 11.3 Å². The predicted molar refractivity (Wildman–Crippen MR) is 88.9 cm³/mol. The molecule has 4 heteroatoms. The van der Waals surface area contributed by atoms with Crippen LogP contribution in [0, 0.1) is 11.3 Å². The summed E-state index contributed by atoms with van der Waals surface area (Å²) in [6, 6.07) is 0. The van der Waals surface area contributed by atoms with Gasteiger partial charge in [0.15, 0.2) is 0 Å². The molecule has 0 radical (unpaired) electrons. The van der Waals surface area contributed by atoms with Crippen molar-refractivity contribution in [2.45, 2.75) is 64.2 Å². The summed E-state index contributed by atoms with van der Waals surface area (Å²) < 4.78 is 5.67. The van der Waals surface area contributed by atoms with Crippen molar-refractivity contribution in [3.63, 3.8) is 0 Å². The van der Waals surface area contributed by atoms with E-state index in [9.17, 15) is 4.79 Å². The van der Waals surface area contributed by atoms with Crippen LogP contribution in [0.5, 0.6) is 0 Å². The topological polar surface area (TPSA) is 29.5 Å². The fraction of sp³-hybridized carbons (Fsp3) is 0.941. The first-order valence-corrected chi connectivity index (χ1v) is 8.47. The van der Waals surface area contributed by atoms with E-state index in [0.717, 1.165) is 19.4 Å².